The van der Waals surface area contributed by atoms with Crippen molar-refractivity contribution in [1.29, 1.82) is 0 Å². The molecule has 0 aliphatic heterocycles. The summed E-state index contributed by atoms with van der Waals surface area (Å²) in [5.74, 6) is -0.316. The molecule has 0 fully saturated rings. The fraction of sp³-hybridized carbons (Fsp3) is 0.222. The van der Waals surface area contributed by atoms with Crippen LogP contribution in [0.5, 0.6) is 0 Å². The number of carbonyl (C=O) groups is 1. The summed E-state index contributed by atoms with van der Waals surface area (Å²) in [6, 6.07) is 13.8. The first-order valence-electron chi connectivity index (χ1n) is 6.89. The fourth-order valence-electron chi connectivity index (χ4n) is 2.07. The number of aryl methyl sites for hydroxylation is 1. The minimum atomic E-state index is -0.455. The number of aromatic nitrogens is 1. The second-order valence-electron chi connectivity index (χ2n) is 5.05. The second-order valence-corrected chi connectivity index (χ2v) is 5.05. The van der Waals surface area contributed by atoms with E-state index >= 15 is 0 Å². The number of pyridine rings is 1. The van der Waals surface area contributed by atoms with Crippen LogP contribution in [0.15, 0.2) is 54.2 Å². The third-order valence-electron chi connectivity index (χ3n) is 3.09. The highest BCUT2D eigenvalue weighted by atomic mass is 16.5. The number of nitrogens with zero attached hydrogens (tertiary/aromatic N) is 1. The van der Waals surface area contributed by atoms with Gasteiger partial charge in [0.1, 0.15) is 0 Å². The molecule has 1 unspecified atom stereocenters. The maximum Gasteiger partial charge on any atom is 0.303 e. The van der Waals surface area contributed by atoms with Gasteiger partial charge in [0.05, 0.1) is 5.69 Å². The maximum absolute atomic E-state index is 11.4. The molecule has 0 aliphatic rings. The molecule has 0 saturated carbocycles. The predicted octanol–water partition coefficient (Wildman–Crippen LogP) is 4.10. The lowest BCUT2D eigenvalue weighted by atomic mass is 10.0. The Hall–Kier alpha value is -2.42. The van der Waals surface area contributed by atoms with Gasteiger partial charge in [-0.15, -0.1) is 0 Å². The highest BCUT2D eigenvalue weighted by Gasteiger charge is 2.18. The SMILES string of the molecule is CC(=O)OC(/C(C)=C/c1ccccc1)c1ccc(C)cn1. The number of hydrogen-bond acceptors (Lipinski definition) is 3. The Morgan fingerprint density at radius 1 is 1.14 bits per heavy atom. The van der Waals surface area contributed by atoms with Gasteiger partial charge in [0.15, 0.2) is 6.10 Å². The Labute approximate surface area is 125 Å². The van der Waals surface area contributed by atoms with Crippen LogP contribution in [0.1, 0.15) is 36.8 Å². The largest absolute Gasteiger partial charge is 0.451 e. The molecule has 0 saturated heterocycles. The number of esters is 1. The van der Waals surface area contributed by atoms with E-state index in [-0.39, 0.29) is 5.97 Å². The normalized spacial score (nSPS) is 12.8. The summed E-state index contributed by atoms with van der Waals surface area (Å²) in [6.07, 6.45) is 3.33. The zero-order chi connectivity index (χ0) is 15.2. The highest BCUT2D eigenvalue weighted by Crippen LogP contribution is 2.26. The van der Waals surface area contributed by atoms with Crippen molar-refractivity contribution in [2.45, 2.75) is 26.9 Å². The van der Waals surface area contributed by atoms with E-state index < -0.39 is 6.10 Å². The first-order chi connectivity index (χ1) is 10.1. The summed E-state index contributed by atoms with van der Waals surface area (Å²) >= 11 is 0. The molecule has 2 aromatic rings. The average Bonchev–Trinajstić information content (AvgIpc) is 2.46. The van der Waals surface area contributed by atoms with Crippen molar-refractivity contribution in [2.75, 3.05) is 0 Å². The molecule has 0 bridgehead atoms. The van der Waals surface area contributed by atoms with Crippen molar-refractivity contribution in [3.8, 4) is 0 Å². The van der Waals surface area contributed by atoms with E-state index in [9.17, 15) is 4.79 Å². The van der Waals surface area contributed by atoms with Gasteiger partial charge < -0.3 is 4.74 Å². The minimum absolute atomic E-state index is 0.316. The first-order valence-corrected chi connectivity index (χ1v) is 6.89. The molecule has 0 radical (unpaired) electrons. The van der Waals surface area contributed by atoms with Crippen molar-refractivity contribution in [3.05, 3.63) is 71.1 Å². The molecule has 1 aromatic heterocycles. The molecule has 1 heterocycles. The molecule has 0 N–H and O–H groups in total. The molecule has 3 heteroatoms. The van der Waals surface area contributed by atoms with Gasteiger partial charge in [0.25, 0.3) is 0 Å². The van der Waals surface area contributed by atoms with Crippen LogP contribution in [-0.2, 0) is 9.53 Å². The van der Waals surface area contributed by atoms with E-state index in [4.69, 9.17) is 4.74 Å². The highest BCUT2D eigenvalue weighted by molar-refractivity contribution is 5.67. The molecule has 3 nitrogen and oxygen atoms in total. The van der Waals surface area contributed by atoms with Gasteiger partial charge in [-0.2, -0.15) is 0 Å². The van der Waals surface area contributed by atoms with Gasteiger partial charge in [-0.1, -0.05) is 42.5 Å². The van der Waals surface area contributed by atoms with E-state index in [2.05, 4.69) is 4.98 Å². The van der Waals surface area contributed by atoms with Crippen molar-refractivity contribution in [3.63, 3.8) is 0 Å². The molecule has 0 aliphatic carbocycles. The van der Waals surface area contributed by atoms with Crippen molar-refractivity contribution in [1.82, 2.24) is 4.98 Å². The van der Waals surface area contributed by atoms with Crippen LogP contribution in [0.4, 0.5) is 0 Å². The summed E-state index contributed by atoms with van der Waals surface area (Å²) in [6.45, 7) is 5.34. The quantitative estimate of drug-likeness (QED) is 0.792. The number of carbonyl (C=O) groups excluding carboxylic acids is 1. The van der Waals surface area contributed by atoms with Gasteiger partial charge in [0, 0.05) is 13.1 Å². The van der Waals surface area contributed by atoms with E-state index in [1.54, 1.807) is 6.20 Å². The Morgan fingerprint density at radius 2 is 1.86 bits per heavy atom. The zero-order valence-corrected chi connectivity index (χ0v) is 12.5. The molecule has 0 spiro atoms. The standard InChI is InChI=1S/C18H19NO2/c1-13-9-10-17(19-12-13)18(21-15(3)20)14(2)11-16-7-5-4-6-8-16/h4-12,18H,1-3H3/b14-11+. The average molecular weight is 281 g/mol. The van der Waals surface area contributed by atoms with Gasteiger partial charge in [-0.05, 0) is 36.6 Å². The Kier molecular flexibility index (Phi) is 4.88. The van der Waals surface area contributed by atoms with E-state index in [1.807, 2.05) is 62.4 Å². The molecule has 2 rings (SSSR count). The first kappa shape index (κ1) is 15.0. The number of hydrogen-bond donors (Lipinski definition) is 0. The molecule has 21 heavy (non-hydrogen) atoms. The lowest BCUT2D eigenvalue weighted by Gasteiger charge is -2.17. The number of rotatable bonds is 4. The Balaban J connectivity index is 2.33. The van der Waals surface area contributed by atoms with E-state index in [0.29, 0.717) is 0 Å². The molecule has 1 aromatic carbocycles. The lowest BCUT2D eigenvalue weighted by Crippen LogP contribution is -2.11. The Morgan fingerprint density at radius 3 is 2.43 bits per heavy atom. The van der Waals surface area contributed by atoms with Crippen LogP contribution in [-0.4, -0.2) is 11.0 Å². The minimum Gasteiger partial charge on any atom is -0.451 e. The van der Waals surface area contributed by atoms with Gasteiger partial charge in [0.2, 0.25) is 0 Å². The third kappa shape index (κ3) is 4.28. The summed E-state index contributed by atoms with van der Waals surface area (Å²) in [7, 11) is 0. The maximum atomic E-state index is 11.4. The number of benzene rings is 1. The van der Waals surface area contributed by atoms with Crippen LogP contribution in [0, 0.1) is 6.92 Å². The Bertz CT molecular complexity index is 630. The third-order valence-corrected chi connectivity index (χ3v) is 3.09. The van der Waals surface area contributed by atoms with Crippen LogP contribution in [0.3, 0.4) is 0 Å². The van der Waals surface area contributed by atoms with E-state index in [1.165, 1.54) is 6.92 Å². The van der Waals surface area contributed by atoms with Gasteiger partial charge in [-0.25, -0.2) is 0 Å². The van der Waals surface area contributed by atoms with Crippen LogP contribution >= 0.6 is 0 Å². The number of ether oxygens (including phenoxy) is 1. The summed E-state index contributed by atoms with van der Waals surface area (Å²) in [5, 5.41) is 0. The monoisotopic (exact) mass is 281 g/mol. The second kappa shape index (κ2) is 6.84. The smallest absolute Gasteiger partial charge is 0.303 e. The molecular formula is C18H19NO2. The van der Waals surface area contributed by atoms with Gasteiger partial charge >= 0.3 is 5.97 Å². The van der Waals surface area contributed by atoms with Crippen LogP contribution in [0.2, 0.25) is 0 Å². The van der Waals surface area contributed by atoms with Crippen molar-refractivity contribution in [2.24, 2.45) is 0 Å². The summed E-state index contributed by atoms with van der Waals surface area (Å²) in [4.78, 5) is 15.8. The predicted molar refractivity (Wildman–Crippen MR) is 83.6 cm³/mol. The zero-order valence-electron chi connectivity index (χ0n) is 12.5. The fourth-order valence-corrected chi connectivity index (χ4v) is 2.07. The molecular weight excluding hydrogens is 262 g/mol. The molecule has 0 amide bonds. The van der Waals surface area contributed by atoms with Crippen LogP contribution in [0.25, 0.3) is 6.08 Å². The topological polar surface area (TPSA) is 39.2 Å². The van der Waals surface area contributed by atoms with Crippen molar-refractivity contribution < 1.29 is 9.53 Å². The molecule has 108 valence electrons. The van der Waals surface area contributed by atoms with E-state index in [0.717, 1.165) is 22.4 Å². The van der Waals surface area contributed by atoms with Crippen molar-refractivity contribution >= 4 is 12.0 Å². The van der Waals surface area contributed by atoms with Crippen LogP contribution < -0.4 is 0 Å². The lowest BCUT2D eigenvalue weighted by molar-refractivity contribution is -0.145. The summed E-state index contributed by atoms with van der Waals surface area (Å²) in [5.41, 5.74) is 3.82. The summed E-state index contributed by atoms with van der Waals surface area (Å²) < 4.78 is 5.44. The molecule has 1 atom stereocenters. The van der Waals surface area contributed by atoms with Gasteiger partial charge in [-0.3, -0.25) is 9.78 Å².